The number of nitrogen functional groups attached to an aromatic ring is 1. The van der Waals surface area contributed by atoms with Gasteiger partial charge in [-0.25, -0.2) is 14.8 Å². The Labute approximate surface area is 86.2 Å². The molecule has 0 saturated heterocycles. The molecule has 0 radical (unpaired) electrons. The first kappa shape index (κ1) is 10.7. The molecule has 76 valence electrons. The van der Waals surface area contributed by atoms with Gasteiger partial charge in [-0.3, -0.25) is 0 Å². The third-order valence-electron chi connectivity index (χ3n) is 1.48. The predicted octanol–water partition coefficient (Wildman–Crippen LogP) is 1.20. The molecule has 1 rings (SSSR count). The molecule has 14 heavy (non-hydrogen) atoms. The molecule has 0 saturated carbocycles. The first-order valence-electron chi connectivity index (χ1n) is 4.03. The normalized spacial score (nSPS) is 9.93. The molecule has 0 bridgehead atoms. The molecule has 0 aliphatic rings. The summed E-state index contributed by atoms with van der Waals surface area (Å²) in [6.45, 7) is 3.58. The number of nitrogens with two attached hydrogens (primary N) is 1. The van der Waals surface area contributed by atoms with Gasteiger partial charge in [0, 0.05) is 0 Å². The zero-order valence-corrected chi connectivity index (χ0v) is 8.63. The van der Waals surface area contributed by atoms with Gasteiger partial charge < -0.3 is 10.5 Å². The van der Waals surface area contributed by atoms with Gasteiger partial charge in [0.1, 0.15) is 11.5 Å². The lowest BCUT2D eigenvalue weighted by molar-refractivity contribution is 0.0520. The van der Waals surface area contributed by atoms with Gasteiger partial charge in [0.05, 0.1) is 6.61 Å². The van der Waals surface area contributed by atoms with E-state index < -0.39 is 5.97 Å². The summed E-state index contributed by atoms with van der Waals surface area (Å²) >= 11 is 5.68. The van der Waals surface area contributed by atoms with Crippen LogP contribution >= 0.6 is 11.6 Å². The number of ether oxygens (including phenoxy) is 1. The molecule has 6 heteroatoms. The number of anilines is 1. The smallest absolute Gasteiger partial charge is 0.359 e. The van der Waals surface area contributed by atoms with Crippen LogP contribution in [-0.2, 0) is 4.74 Å². The van der Waals surface area contributed by atoms with Gasteiger partial charge >= 0.3 is 5.97 Å². The van der Waals surface area contributed by atoms with Gasteiger partial charge in [-0.2, -0.15) is 0 Å². The van der Waals surface area contributed by atoms with E-state index in [1.807, 2.05) is 0 Å². The number of aromatic nitrogens is 2. The third kappa shape index (κ3) is 2.11. The minimum Gasteiger partial charge on any atom is -0.461 e. The summed E-state index contributed by atoms with van der Waals surface area (Å²) in [5.74, 6) is -0.204. The van der Waals surface area contributed by atoms with Gasteiger partial charge in [0.25, 0.3) is 0 Å². The molecule has 0 aromatic carbocycles. The monoisotopic (exact) mass is 215 g/mol. The maximum atomic E-state index is 11.3. The molecule has 0 atom stereocenters. The summed E-state index contributed by atoms with van der Waals surface area (Å²) in [5, 5.41) is 0.0700. The van der Waals surface area contributed by atoms with Gasteiger partial charge in [-0.1, -0.05) is 11.6 Å². The Kier molecular flexibility index (Phi) is 3.24. The number of rotatable bonds is 2. The highest BCUT2D eigenvalue weighted by atomic mass is 35.5. The molecule has 0 aliphatic heterocycles. The van der Waals surface area contributed by atoms with Crippen LogP contribution in [0.25, 0.3) is 0 Å². The predicted molar refractivity (Wildman–Crippen MR) is 52.1 cm³/mol. The molecule has 1 heterocycles. The van der Waals surface area contributed by atoms with Crippen LogP contribution in [0.15, 0.2) is 0 Å². The van der Waals surface area contributed by atoms with Crippen LogP contribution in [-0.4, -0.2) is 22.5 Å². The number of hydrogen-bond donors (Lipinski definition) is 1. The molecule has 5 nitrogen and oxygen atoms in total. The van der Waals surface area contributed by atoms with Crippen molar-refractivity contribution in [1.82, 2.24) is 9.97 Å². The second-order valence-electron chi connectivity index (χ2n) is 2.54. The molecule has 1 aromatic heterocycles. The Morgan fingerprint density at radius 1 is 1.57 bits per heavy atom. The van der Waals surface area contributed by atoms with Gasteiger partial charge in [0.2, 0.25) is 0 Å². The van der Waals surface area contributed by atoms with Crippen molar-refractivity contribution in [2.24, 2.45) is 0 Å². The van der Waals surface area contributed by atoms with E-state index in [1.165, 1.54) is 0 Å². The van der Waals surface area contributed by atoms with Crippen molar-refractivity contribution in [1.29, 1.82) is 0 Å². The summed E-state index contributed by atoms with van der Waals surface area (Å²) in [5.41, 5.74) is 5.59. The maximum Gasteiger partial charge on any atom is 0.359 e. The first-order valence-corrected chi connectivity index (χ1v) is 4.40. The van der Waals surface area contributed by atoms with Gasteiger partial charge in [-0.15, -0.1) is 0 Å². The van der Waals surface area contributed by atoms with Crippen molar-refractivity contribution in [3.05, 3.63) is 16.7 Å². The van der Waals surface area contributed by atoms with Crippen molar-refractivity contribution in [2.75, 3.05) is 12.3 Å². The van der Waals surface area contributed by atoms with E-state index in [1.54, 1.807) is 13.8 Å². The second-order valence-corrected chi connectivity index (χ2v) is 2.90. The third-order valence-corrected chi connectivity index (χ3v) is 1.77. The van der Waals surface area contributed by atoms with Crippen LogP contribution in [0.4, 0.5) is 5.69 Å². The standard InChI is InChI=1S/C8H10ClN3O2/c1-3-14-8(13)6-5(10)7(9)12-4(2)11-6/h3,10H2,1-2H3. The quantitative estimate of drug-likeness (QED) is 0.592. The van der Waals surface area contributed by atoms with E-state index in [4.69, 9.17) is 22.1 Å². The van der Waals surface area contributed by atoms with Crippen molar-refractivity contribution < 1.29 is 9.53 Å². The molecule has 1 aromatic rings. The molecule has 0 amide bonds. The number of nitrogens with zero attached hydrogens (tertiary/aromatic N) is 2. The largest absolute Gasteiger partial charge is 0.461 e. The zero-order chi connectivity index (χ0) is 10.7. The minimum absolute atomic E-state index is 0.0179. The Bertz CT molecular complexity index is 368. The van der Waals surface area contributed by atoms with Crippen LogP contribution in [0.1, 0.15) is 23.2 Å². The number of carbonyl (C=O) groups is 1. The van der Waals surface area contributed by atoms with Crippen molar-refractivity contribution in [2.45, 2.75) is 13.8 Å². The topological polar surface area (TPSA) is 78.1 Å². The SMILES string of the molecule is CCOC(=O)c1nc(C)nc(Cl)c1N. The molecule has 0 aliphatic carbocycles. The summed E-state index contributed by atoms with van der Waals surface area (Å²) in [6.07, 6.45) is 0. The van der Waals surface area contributed by atoms with E-state index >= 15 is 0 Å². The average molecular weight is 216 g/mol. The highest BCUT2D eigenvalue weighted by Crippen LogP contribution is 2.19. The average Bonchev–Trinajstić information content (AvgIpc) is 2.11. The lowest BCUT2D eigenvalue weighted by Crippen LogP contribution is -2.12. The number of esters is 1. The fourth-order valence-electron chi connectivity index (χ4n) is 0.902. The van der Waals surface area contributed by atoms with Gasteiger partial charge in [0.15, 0.2) is 10.8 Å². The molecule has 0 unspecified atom stereocenters. The number of carbonyl (C=O) groups excluding carboxylic acids is 1. The van der Waals surface area contributed by atoms with Crippen molar-refractivity contribution in [3.8, 4) is 0 Å². The number of hydrogen-bond acceptors (Lipinski definition) is 5. The molecule has 2 N–H and O–H groups in total. The first-order chi connectivity index (χ1) is 6.56. The van der Waals surface area contributed by atoms with E-state index in [2.05, 4.69) is 9.97 Å². The van der Waals surface area contributed by atoms with E-state index in [9.17, 15) is 4.79 Å². The fraction of sp³-hybridized carbons (Fsp3) is 0.375. The number of aryl methyl sites for hydroxylation is 1. The fourth-order valence-corrected chi connectivity index (χ4v) is 1.11. The number of halogens is 1. The van der Waals surface area contributed by atoms with E-state index in [0.29, 0.717) is 5.82 Å². The maximum absolute atomic E-state index is 11.3. The Hall–Kier alpha value is -1.36. The van der Waals surface area contributed by atoms with Crippen LogP contribution in [0, 0.1) is 6.92 Å². The Morgan fingerprint density at radius 2 is 2.21 bits per heavy atom. The lowest BCUT2D eigenvalue weighted by atomic mass is 10.3. The van der Waals surface area contributed by atoms with Crippen molar-refractivity contribution in [3.63, 3.8) is 0 Å². The Morgan fingerprint density at radius 3 is 2.79 bits per heavy atom. The highest BCUT2D eigenvalue weighted by molar-refractivity contribution is 6.32. The molecular weight excluding hydrogens is 206 g/mol. The molecule has 0 spiro atoms. The van der Waals surface area contributed by atoms with Crippen molar-refractivity contribution >= 4 is 23.3 Å². The summed E-state index contributed by atoms with van der Waals surface area (Å²) < 4.78 is 4.75. The summed E-state index contributed by atoms with van der Waals surface area (Å²) in [7, 11) is 0. The van der Waals surface area contributed by atoms with Gasteiger partial charge in [-0.05, 0) is 13.8 Å². The van der Waals surface area contributed by atoms with Crippen LogP contribution in [0.2, 0.25) is 5.15 Å². The highest BCUT2D eigenvalue weighted by Gasteiger charge is 2.16. The van der Waals surface area contributed by atoms with E-state index in [0.717, 1.165) is 0 Å². The second kappa shape index (κ2) is 4.23. The molecular formula is C8H10ClN3O2. The Balaban J connectivity index is 3.13. The van der Waals surface area contributed by atoms with Crippen LogP contribution in [0.3, 0.4) is 0 Å². The summed E-state index contributed by atoms with van der Waals surface area (Å²) in [6, 6.07) is 0. The van der Waals surface area contributed by atoms with Crippen LogP contribution < -0.4 is 5.73 Å². The van der Waals surface area contributed by atoms with E-state index in [-0.39, 0.29) is 23.1 Å². The van der Waals surface area contributed by atoms with Crippen LogP contribution in [0.5, 0.6) is 0 Å². The summed E-state index contributed by atoms with van der Waals surface area (Å²) in [4.78, 5) is 19.0. The lowest BCUT2D eigenvalue weighted by Gasteiger charge is -2.05. The zero-order valence-electron chi connectivity index (χ0n) is 7.87. The minimum atomic E-state index is -0.586. The molecule has 0 fully saturated rings.